The monoisotopic (exact) mass is 412 g/mol. The number of aryl methyl sites for hydroxylation is 1. The average Bonchev–Trinajstić information content (AvgIpc) is 3.39. The lowest BCUT2D eigenvalue weighted by Gasteiger charge is -2.43. The molecule has 0 unspecified atom stereocenters. The second-order valence-electron chi connectivity index (χ2n) is 8.99. The number of rotatable bonds is 4. The van der Waals surface area contributed by atoms with Crippen molar-refractivity contribution >= 4 is 22.7 Å². The summed E-state index contributed by atoms with van der Waals surface area (Å²) in [5.41, 5.74) is 7.75. The third kappa shape index (κ3) is 2.74. The maximum atomic E-state index is 13.4. The van der Waals surface area contributed by atoms with E-state index in [4.69, 9.17) is 0 Å². The molecule has 6 heteroatoms. The fraction of sp³-hybridized carbons (Fsp3) is 0.320. The van der Waals surface area contributed by atoms with E-state index in [1.54, 1.807) is 4.90 Å². The van der Waals surface area contributed by atoms with Gasteiger partial charge in [-0.1, -0.05) is 18.7 Å². The number of likely N-dealkylation sites (tertiary alicyclic amines) is 1. The average molecular weight is 412 g/mol. The third-order valence-corrected chi connectivity index (χ3v) is 7.03. The Morgan fingerprint density at radius 1 is 1.26 bits per heavy atom. The molecule has 2 aromatic carbocycles. The van der Waals surface area contributed by atoms with Crippen molar-refractivity contribution in [3.63, 3.8) is 0 Å². The summed E-state index contributed by atoms with van der Waals surface area (Å²) in [7, 11) is 0. The Kier molecular flexibility index (Phi) is 3.88. The summed E-state index contributed by atoms with van der Waals surface area (Å²) in [5.74, 6) is 0.571. The van der Waals surface area contributed by atoms with Gasteiger partial charge in [-0.05, 0) is 71.7 Å². The number of carbonyl (C=O) groups is 2. The van der Waals surface area contributed by atoms with Crippen LogP contribution in [0.4, 0.5) is 0 Å². The molecule has 3 aromatic rings. The van der Waals surface area contributed by atoms with Crippen LogP contribution in [0, 0.1) is 6.92 Å². The molecule has 0 radical (unpaired) electrons. The van der Waals surface area contributed by atoms with Crippen molar-refractivity contribution in [3.05, 3.63) is 65.4 Å². The molecule has 1 aliphatic carbocycles. The molecule has 1 saturated carbocycles. The van der Waals surface area contributed by atoms with Gasteiger partial charge in [0.25, 0.3) is 5.91 Å². The molecule has 2 aliphatic heterocycles. The van der Waals surface area contributed by atoms with E-state index in [9.17, 15) is 9.59 Å². The van der Waals surface area contributed by atoms with E-state index >= 15 is 0 Å². The Bertz CT molecular complexity index is 1260. The van der Waals surface area contributed by atoms with Crippen molar-refractivity contribution in [1.82, 2.24) is 20.0 Å². The van der Waals surface area contributed by atoms with E-state index in [0.29, 0.717) is 25.6 Å². The zero-order chi connectivity index (χ0) is 21.3. The van der Waals surface area contributed by atoms with Gasteiger partial charge in [0.1, 0.15) is 0 Å². The number of aromatic amines is 1. The van der Waals surface area contributed by atoms with Crippen molar-refractivity contribution in [1.29, 1.82) is 0 Å². The van der Waals surface area contributed by atoms with Crippen LogP contribution in [-0.2, 0) is 11.3 Å². The number of H-pyrrole nitrogens is 1. The lowest BCUT2D eigenvalue weighted by molar-refractivity contribution is -0.132. The van der Waals surface area contributed by atoms with Gasteiger partial charge in [0, 0.05) is 30.6 Å². The highest BCUT2D eigenvalue weighted by Crippen LogP contribution is 2.47. The summed E-state index contributed by atoms with van der Waals surface area (Å²) in [6.45, 7) is 7.49. The normalized spacial score (nSPS) is 18.4. The quantitative estimate of drug-likeness (QED) is 0.663. The molecule has 3 aliphatic rings. The van der Waals surface area contributed by atoms with Gasteiger partial charge in [-0.2, -0.15) is 5.10 Å². The molecule has 31 heavy (non-hydrogen) atoms. The van der Waals surface area contributed by atoms with Crippen LogP contribution >= 0.6 is 0 Å². The minimum atomic E-state index is -0.0648. The van der Waals surface area contributed by atoms with Gasteiger partial charge in [-0.25, -0.2) is 0 Å². The molecular formula is C25H24N4O2. The van der Waals surface area contributed by atoms with Crippen LogP contribution in [0.5, 0.6) is 0 Å². The molecule has 6 nitrogen and oxygen atoms in total. The molecule has 0 bridgehead atoms. The summed E-state index contributed by atoms with van der Waals surface area (Å²) in [4.78, 5) is 29.0. The van der Waals surface area contributed by atoms with Crippen LogP contribution in [0.2, 0.25) is 0 Å². The van der Waals surface area contributed by atoms with Crippen LogP contribution in [0.15, 0.2) is 43.1 Å². The molecule has 1 saturated heterocycles. The first-order chi connectivity index (χ1) is 15.0. The smallest absolute Gasteiger partial charge is 0.254 e. The van der Waals surface area contributed by atoms with E-state index < -0.39 is 0 Å². The zero-order valence-electron chi connectivity index (χ0n) is 17.5. The Labute approximate surface area is 180 Å². The first-order valence-corrected chi connectivity index (χ1v) is 10.9. The number of amides is 2. The fourth-order valence-electron chi connectivity index (χ4n) is 5.13. The predicted molar refractivity (Wildman–Crippen MR) is 119 cm³/mol. The fourth-order valence-corrected chi connectivity index (χ4v) is 5.13. The SMILES string of the molecule is C=CC(=O)N1CC(N2Cc3c(cc(-c4c(C)ccc5[nH]ncc45)cc3C3CC3)C2=O)C1. The van der Waals surface area contributed by atoms with Crippen molar-refractivity contribution in [2.75, 3.05) is 13.1 Å². The Hall–Kier alpha value is -3.41. The van der Waals surface area contributed by atoms with Gasteiger partial charge in [-0.3, -0.25) is 14.7 Å². The number of aromatic nitrogens is 2. The number of hydrogen-bond acceptors (Lipinski definition) is 3. The van der Waals surface area contributed by atoms with Crippen LogP contribution in [-0.4, -0.2) is 50.9 Å². The molecular weight excluding hydrogens is 388 g/mol. The lowest BCUT2D eigenvalue weighted by Crippen LogP contribution is -2.60. The third-order valence-electron chi connectivity index (χ3n) is 7.03. The van der Waals surface area contributed by atoms with E-state index in [0.717, 1.165) is 27.6 Å². The van der Waals surface area contributed by atoms with Crippen LogP contribution in [0.25, 0.3) is 22.0 Å². The highest BCUT2D eigenvalue weighted by molar-refractivity contribution is 6.03. The van der Waals surface area contributed by atoms with Gasteiger partial charge in [0.2, 0.25) is 5.91 Å². The van der Waals surface area contributed by atoms with E-state index in [1.165, 1.54) is 35.6 Å². The molecule has 0 atom stereocenters. The molecule has 156 valence electrons. The maximum absolute atomic E-state index is 13.4. The minimum Gasteiger partial charge on any atom is -0.335 e. The van der Waals surface area contributed by atoms with Crippen molar-refractivity contribution in [3.8, 4) is 11.1 Å². The van der Waals surface area contributed by atoms with Gasteiger partial charge in [-0.15, -0.1) is 0 Å². The Morgan fingerprint density at radius 2 is 2.06 bits per heavy atom. The number of hydrogen-bond donors (Lipinski definition) is 1. The summed E-state index contributed by atoms with van der Waals surface area (Å²) < 4.78 is 0. The Balaban J connectivity index is 1.41. The molecule has 2 amide bonds. The molecule has 6 rings (SSSR count). The Morgan fingerprint density at radius 3 is 2.81 bits per heavy atom. The number of fused-ring (bicyclic) bond motifs is 2. The summed E-state index contributed by atoms with van der Waals surface area (Å²) in [5, 5.41) is 8.37. The van der Waals surface area contributed by atoms with Gasteiger partial charge >= 0.3 is 0 Å². The van der Waals surface area contributed by atoms with Crippen molar-refractivity contribution in [2.24, 2.45) is 0 Å². The molecule has 0 spiro atoms. The molecule has 1 N–H and O–H groups in total. The largest absolute Gasteiger partial charge is 0.335 e. The van der Waals surface area contributed by atoms with Crippen LogP contribution < -0.4 is 0 Å². The standard InChI is InChI=1S/C25H24N4O2/c1-3-23(30)28-11-17(12-28)29-13-21-18(15-5-6-15)8-16(9-19(21)25(29)31)24-14(2)4-7-22-20(24)10-26-27-22/h3-4,7-10,15,17H,1,5-6,11-13H2,2H3,(H,26,27). The van der Waals surface area contributed by atoms with Crippen molar-refractivity contribution in [2.45, 2.75) is 38.3 Å². The topological polar surface area (TPSA) is 69.3 Å². The van der Waals surface area contributed by atoms with Gasteiger partial charge in [0.15, 0.2) is 0 Å². The highest BCUT2D eigenvalue weighted by Gasteiger charge is 2.42. The van der Waals surface area contributed by atoms with Crippen LogP contribution in [0.1, 0.15) is 45.8 Å². The first-order valence-electron chi connectivity index (χ1n) is 10.9. The number of nitrogens with one attached hydrogen (secondary N) is 1. The van der Waals surface area contributed by atoms with E-state index in [-0.39, 0.29) is 17.9 Å². The second-order valence-corrected chi connectivity index (χ2v) is 8.99. The van der Waals surface area contributed by atoms with Crippen LogP contribution in [0.3, 0.4) is 0 Å². The minimum absolute atomic E-state index is 0.0648. The number of nitrogens with zero attached hydrogens (tertiary/aromatic N) is 3. The summed E-state index contributed by atoms with van der Waals surface area (Å²) in [6, 6.07) is 8.61. The van der Waals surface area contributed by atoms with Gasteiger partial charge < -0.3 is 9.80 Å². The molecule has 1 aromatic heterocycles. The number of benzene rings is 2. The maximum Gasteiger partial charge on any atom is 0.254 e. The number of carbonyl (C=O) groups excluding carboxylic acids is 2. The molecule has 2 fully saturated rings. The van der Waals surface area contributed by atoms with E-state index in [1.807, 2.05) is 11.1 Å². The van der Waals surface area contributed by atoms with Crippen molar-refractivity contribution < 1.29 is 9.59 Å². The first kappa shape index (κ1) is 18.4. The van der Waals surface area contributed by atoms with Gasteiger partial charge in [0.05, 0.1) is 17.8 Å². The van der Waals surface area contributed by atoms with E-state index in [2.05, 4.69) is 48.0 Å². The summed E-state index contributed by atoms with van der Waals surface area (Å²) in [6.07, 6.45) is 5.58. The highest BCUT2D eigenvalue weighted by atomic mass is 16.2. The lowest BCUT2D eigenvalue weighted by atomic mass is 9.90. The summed E-state index contributed by atoms with van der Waals surface area (Å²) >= 11 is 0. The zero-order valence-corrected chi connectivity index (χ0v) is 17.5. The predicted octanol–water partition coefficient (Wildman–Crippen LogP) is 3.77. The molecule has 3 heterocycles. The second kappa shape index (κ2) is 6.54.